The predicted octanol–water partition coefficient (Wildman–Crippen LogP) is 0.692. The van der Waals surface area contributed by atoms with Crippen molar-refractivity contribution in [2.45, 2.75) is 6.92 Å². The van der Waals surface area contributed by atoms with Crippen LogP contribution in [0.3, 0.4) is 0 Å². The van der Waals surface area contributed by atoms with Crippen LogP contribution in [0, 0.1) is 6.92 Å². The van der Waals surface area contributed by atoms with Crippen LogP contribution in [-0.4, -0.2) is 66.2 Å². The SMILES string of the molecule is Cc1cc(NC(=O)c2cccc(C(=O)NCCN3CCOCC3)n2)no1. The van der Waals surface area contributed by atoms with Gasteiger partial charge in [-0.1, -0.05) is 11.2 Å². The van der Waals surface area contributed by atoms with Crippen molar-refractivity contribution >= 4 is 17.6 Å². The predicted molar refractivity (Wildman–Crippen MR) is 93.0 cm³/mol. The molecule has 1 saturated heterocycles. The Kier molecular flexibility index (Phi) is 5.92. The average molecular weight is 359 g/mol. The third kappa shape index (κ3) is 4.87. The lowest BCUT2D eigenvalue weighted by atomic mass is 10.2. The van der Waals surface area contributed by atoms with Gasteiger partial charge >= 0.3 is 0 Å². The summed E-state index contributed by atoms with van der Waals surface area (Å²) >= 11 is 0. The van der Waals surface area contributed by atoms with Crippen LogP contribution < -0.4 is 10.6 Å². The number of aromatic nitrogens is 2. The van der Waals surface area contributed by atoms with Crippen LogP contribution in [0.2, 0.25) is 0 Å². The zero-order valence-electron chi connectivity index (χ0n) is 14.5. The van der Waals surface area contributed by atoms with Gasteiger partial charge in [-0.25, -0.2) is 4.98 Å². The first-order valence-electron chi connectivity index (χ1n) is 8.42. The molecule has 9 nitrogen and oxygen atoms in total. The highest BCUT2D eigenvalue weighted by Crippen LogP contribution is 2.09. The molecule has 1 aliphatic rings. The number of nitrogens with zero attached hydrogens (tertiary/aromatic N) is 3. The van der Waals surface area contributed by atoms with Gasteiger partial charge in [-0.2, -0.15) is 0 Å². The number of morpholine rings is 1. The Morgan fingerprint density at radius 1 is 1.19 bits per heavy atom. The van der Waals surface area contributed by atoms with Gasteiger partial charge in [-0.05, 0) is 19.1 Å². The van der Waals surface area contributed by atoms with E-state index in [2.05, 4.69) is 25.7 Å². The van der Waals surface area contributed by atoms with E-state index in [0.29, 0.717) is 18.1 Å². The number of nitrogens with one attached hydrogen (secondary N) is 2. The molecule has 0 aromatic carbocycles. The minimum atomic E-state index is -0.457. The maximum atomic E-state index is 12.2. The molecule has 26 heavy (non-hydrogen) atoms. The van der Waals surface area contributed by atoms with Gasteiger partial charge in [-0.3, -0.25) is 14.5 Å². The second-order valence-corrected chi connectivity index (χ2v) is 5.89. The summed E-state index contributed by atoms with van der Waals surface area (Å²) in [4.78, 5) is 30.8. The van der Waals surface area contributed by atoms with Crippen molar-refractivity contribution in [3.05, 3.63) is 41.4 Å². The first-order valence-corrected chi connectivity index (χ1v) is 8.42. The number of aryl methyl sites for hydroxylation is 1. The fourth-order valence-corrected chi connectivity index (χ4v) is 2.54. The number of hydrogen-bond acceptors (Lipinski definition) is 7. The number of rotatable bonds is 6. The molecule has 9 heteroatoms. The topological polar surface area (TPSA) is 110 Å². The summed E-state index contributed by atoms with van der Waals surface area (Å²) < 4.78 is 10.2. The molecule has 2 aromatic rings. The maximum Gasteiger partial charge on any atom is 0.275 e. The third-order valence-corrected chi connectivity index (χ3v) is 3.90. The van der Waals surface area contributed by atoms with Crippen molar-refractivity contribution in [3.8, 4) is 0 Å². The molecule has 3 rings (SSSR count). The molecule has 0 spiro atoms. The largest absolute Gasteiger partial charge is 0.379 e. The molecule has 0 bridgehead atoms. The van der Waals surface area contributed by atoms with Crippen LogP contribution in [-0.2, 0) is 4.74 Å². The molecule has 2 aromatic heterocycles. The highest BCUT2D eigenvalue weighted by Gasteiger charge is 2.15. The summed E-state index contributed by atoms with van der Waals surface area (Å²) in [6.45, 7) is 6.16. The zero-order valence-corrected chi connectivity index (χ0v) is 14.5. The normalized spacial score (nSPS) is 14.8. The quantitative estimate of drug-likeness (QED) is 0.781. The van der Waals surface area contributed by atoms with Crippen molar-refractivity contribution in [2.75, 3.05) is 44.7 Å². The van der Waals surface area contributed by atoms with Gasteiger partial charge in [0.05, 0.1) is 13.2 Å². The summed E-state index contributed by atoms with van der Waals surface area (Å²) in [5.74, 6) is 0.114. The number of anilines is 1. The van der Waals surface area contributed by atoms with E-state index in [9.17, 15) is 9.59 Å². The van der Waals surface area contributed by atoms with E-state index >= 15 is 0 Å². The van der Waals surface area contributed by atoms with Crippen LogP contribution in [0.1, 0.15) is 26.7 Å². The van der Waals surface area contributed by atoms with Crippen molar-refractivity contribution in [3.63, 3.8) is 0 Å². The Morgan fingerprint density at radius 2 is 1.92 bits per heavy atom. The van der Waals surface area contributed by atoms with Crippen LogP contribution in [0.5, 0.6) is 0 Å². The van der Waals surface area contributed by atoms with E-state index in [-0.39, 0.29) is 17.3 Å². The third-order valence-electron chi connectivity index (χ3n) is 3.90. The molecule has 0 aliphatic carbocycles. The van der Waals surface area contributed by atoms with Gasteiger partial charge in [-0.15, -0.1) is 0 Å². The molecule has 0 radical (unpaired) electrons. The molecular weight excluding hydrogens is 338 g/mol. The lowest BCUT2D eigenvalue weighted by Gasteiger charge is -2.26. The number of hydrogen-bond donors (Lipinski definition) is 2. The second kappa shape index (κ2) is 8.54. The highest BCUT2D eigenvalue weighted by molar-refractivity contribution is 6.03. The standard InChI is InChI=1S/C17H21N5O4/c1-12-11-15(21-26-12)20-17(24)14-4-2-3-13(19-14)16(23)18-5-6-22-7-9-25-10-8-22/h2-4,11H,5-10H2,1H3,(H,18,23)(H,20,21,24). The smallest absolute Gasteiger partial charge is 0.275 e. The van der Waals surface area contributed by atoms with E-state index in [4.69, 9.17) is 9.26 Å². The Labute approximate surface area is 150 Å². The lowest BCUT2D eigenvalue weighted by Crippen LogP contribution is -2.41. The van der Waals surface area contributed by atoms with Crippen molar-refractivity contribution < 1.29 is 18.8 Å². The number of carbonyl (C=O) groups is 2. The van der Waals surface area contributed by atoms with Crippen LogP contribution >= 0.6 is 0 Å². The molecule has 1 aliphatic heterocycles. The molecule has 0 unspecified atom stereocenters. The number of ether oxygens (including phenoxy) is 1. The number of amides is 2. The van der Waals surface area contributed by atoms with E-state index < -0.39 is 5.91 Å². The zero-order chi connectivity index (χ0) is 18.4. The Hall–Kier alpha value is -2.78. The average Bonchev–Trinajstić information content (AvgIpc) is 3.07. The van der Waals surface area contributed by atoms with Crippen LogP contribution in [0.4, 0.5) is 5.82 Å². The molecule has 3 heterocycles. The first kappa shape index (κ1) is 18.0. The summed E-state index contributed by atoms with van der Waals surface area (Å²) in [5, 5.41) is 9.09. The Bertz CT molecular complexity index is 770. The van der Waals surface area contributed by atoms with E-state index in [1.165, 1.54) is 6.07 Å². The molecule has 1 fully saturated rings. The summed E-state index contributed by atoms with van der Waals surface area (Å²) in [6, 6.07) is 6.32. The molecule has 138 valence electrons. The second-order valence-electron chi connectivity index (χ2n) is 5.89. The lowest BCUT2D eigenvalue weighted by molar-refractivity contribution is 0.0383. The van der Waals surface area contributed by atoms with E-state index in [0.717, 1.165) is 32.8 Å². The summed E-state index contributed by atoms with van der Waals surface area (Å²) in [5.41, 5.74) is 0.322. The van der Waals surface area contributed by atoms with Crippen molar-refractivity contribution in [2.24, 2.45) is 0 Å². The monoisotopic (exact) mass is 359 g/mol. The van der Waals surface area contributed by atoms with Gasteiger partial charge in [0.15, 0.2) is 5.82 Å². The molecule has 0 saturated carbocycles. The van der Waals surface area contributed by atoms with E-state index in [1.54, 1.807) is 25.1 Å². The van der Waals surface area contributed by atoms with Gasteiger partial charge in [0.1, 0.15) is 17.1 Å². The van der Waals surface area contributed by atoms with Gasteiger partial charge in [0.25, 0.3) is 11.8 Å². The minimum Gasteiger partial charge on any atom is -0.379 e. The summed E-state index contributed by atoms with van der Waals surface area (Å²) in [7, 11) is 0. The van der Waals surface area contributed by atoms with E-state index in [1.807, 2.05) is 0 Å². The molecular formula is C17H21N5O4. The minimum absolute atomic E-state index is 0.131. The highest BCUT2D eigenvalue weighted by atomic mass is 16.5. The maximum absolute atomic E-state index is 12.2. The van der Waals surface area contributed by atoms with Gasteiger partial charge in [0, 0.05) is 32.2 Å². The molecule has 2 amide bonds. The number of pyridine rings is 1. The van der Waals surface area contributed by atoms with Crippen LogP contribution in [0.25, 0.3) is 0 Å². The van der Waals surface area contributed by atoms with Crippen molar-refractivity contribution in [1.82, 2.24) is 20.4 Å². The van der Waals surface area contributed by atoms with Gasteiger partial charge < -0.3 is 19.9 Å². The summed E-state index contributed by atoms with van der Waals surface area (Å²) in [6.07, 6.45) is 0. The molecule has 2 N–H and O–H groups in total. The molecule has 0 atom stereocenters. The van der Waals surface area contributed by atoms with Crippen molar-refractivity contribution in [1.29, 1.82) is 0 Å². The Balaban J connectivity index is 1.53. The van der Waals surface area contributed by atoms with Gasteiger partial charge in [0.2, 0.25) is 0 Å². The fraction of sp³-hybridized carbons (Fsp3) is 0.412. The fourth-order valence-electron chi connectivity index (χ4n) is 2.54. The van der Waals surface area contributed by atoms with Crippen LogP contribution in [0.15, 0.2) is 28.8 Å². The Morgan fingerprint density at radius 3 is 2.62 bits per heavy atom. The number of carbonyl (C=O) groups excluding carboxylic acids is 2. The first-order chi connectivity index (χ1) is 12.6.